The minimum absolute atomic E-state index is 0.0310. The minimum atomic E-state index is -0.872. The molecule has 1 rings (SSSR count). The Morgan fingerprint density at radius 3 is 2.81 bits per heavy atom. The number of hydrogen-bond donors (Lipinski definition) is 2. The molecule has 0 aliphatic carbocycles. The largest absolute Gasteiger partial charge is 0.481 e. The minimum Gasteiger partial charge on any atom is -0.481 e. The summed E-state index contributed by atoms with van der Waals surface area (Å²) in [5.41, 5.74) is 0.842. The van der Waals surface area contributed by atoms with Crippen molar-refractivity contribution in [3.63, 3.8) is 0 Å². The van der Waals surface area contributed by atoms with Crippen LogP contribution in [-0.4, -0.2) is 22.0 Å². The van der Waals surface area contributed by atoms with Crippen LogP contribution < -0.4 is 5.32 Å². The molecule has 16 heavy (non-hydrogen) atoms. The van der Waals surface area contributed by atoms with Gasteiger partial charge in [0.25, 0.3) is 0 Å². The number of carboxylic acids is 1. The van der Waals surface area contributed by atoms with Crippen LogP contribution in [0.4, 0.5) is 0 Å². The number of amides is 1. The van der Waals surface area contributed by atoms with Crippen molar-refractivity contribution in [1.29, 1.82) is 0 Å². The average Bonchev–Trinajstić information content (AvgIpc) is 2.61. The summed E-state index contributed by atoms with van der Waals surface area (Å²) in [4.78, 5) is 25.7. The smallest absolute Gasteiger partial charge is 0.303 e. The first-order valence-electron chi connectivity index (χ1n) is 4.97. The van der Waals surface area contributed by atoms with E-state index in [2.05, 4.69) is 10.3 Å². The summed E-state index contributed by atoms with van der Waals surface area (Å²) in [7, 11) is 0. The van der Waals surface area contributed by atoms with Crippen molar-refractivity contribution in [3.8, 4) is 0 Å². The summed E-state index contributed by atoms with van der Waals surface area (Å²) >= 11 is 1.54. The van der Waals surface area contributed by atoms with Gasteiger partial charge in [-0.3, -0.25) is 9.59 Å². The fourth-order valence-electron chi connectivity index (χ4n) is 1.17. The first-order chi connectivity index (χ1) is 7.58. The lowest BCUT2D eigenvalue weighted by molar-refractivity contribution is -0.137. The summed E-state index contributed by atoms with van der Waals surface area (Å²) in [6, 6.07) is 0. The molecule has 5 nitrogen and oxygen atoms in total. The van der Waals surface area contributed by atoms with Crippen LogP contribution in [0, 0.1) is 6.92 Å². The van der Waals surface area contributed by atoms with Gasteiger partial charge in [-0.15, -0.1) is 11.3 Å². The highest BCUT2D eigenvalue weighted by Crippen LogP contribution is 2.07. The monoisotopic (exact) mass is 242 g/mol. The molecule has 6 heteroatoms. The van der Waals surface area contributed by atoms with Crippen molar-refractivity contribution in [2.75, 3.05) is 0 Å². The summed E-state index contributed by atoms with van der Waals surface area (Å²) in [5, 5.41) is 14.0. The van der Waals surface area contributed by atoms with Gasteiger partial charge in [0.15, 0.2) is 0 Å². The molecule has 2 N–H and O–H groups in total. The van der Waals surface area contributed by atoms with Crippen LogP contribution >= 0.6 is 11.3 Å². The third-order valence-electron chi connectivity index (χ3n) is 1.93. The van der Waals surface area contributed by atoms with Crippen LogP contribution in [0.25, 0.3) is 0 Å². The second-order valence-corrected chi connectivity index (χ2v) is 4.44. The lowest BCUT2D eigenvalue weighted by atomic mass is 10.2. The van der Waals surface area contributed by atoms with Gasteiger partial charge in [-0.1, -0.05) is 0 Å². The number of carbonyl (C=O) groups excluding carboxylic acids is 1. The number of thiazole rings is 1. The number of aryl methyl sites for hydroxylation is 1. The molecule has 0 aliphatic rings. The average molecular weight is 242 g/mol. The maximum atomic E-state index is 11.3. The van der Waals surface area contributed by atoms with E-state index in [0.717, 1.165) is 10.7 Å². The van der Waals surface area contributed by atoms with Crippen molar-refractivity contribution in [3.05, 3.63) is 16.1 Å². The third-order valence-corrected chi connectivity index (χ3v) is 2.75. The number of aromatic nitrogens is 1. The number of nitrogens with one attached hydrogen (secondary N) is 1. The molecule has 0 atom stereocenters. The van der Waals surface area contributed by atoms with E-state index in [9.17, 15) is 9.59 Å². The zero-order valence-electron chi connectivity index (χ0n) is 9.02. The maximum Gasteiger partial charge on any atom is 0.303 e. The molecular weight excluding hydrogens is 228 g/mol. The van der Waals surface area contributed by atoms with E-state index in [1.54, 1.807) is 0 Å². The van der Waals surface area contributed by atoms with Gasteiger partial charge >= 0.3 is 5.97 Å². The molecule has 0 spiro atoms. The number of aliphatic carboxylic acids is 1. The molecule has 0 aliphatic heterocycles. The van der Waals surface area contributed by atoms with Gasteiger partial charge in [-0.05, 0) is 13.3 Å². The quantitative estimate of drug-likeness (QED) is 0.788. The lowest BCUT2D eigenvalue weighted by Crippen LogP contribution is -2.22. The van der Waals surface area contributed by atoms with Crippen molar-refractivity contribution in [1.82, 2.24) is 10.3 Å². The molecule has 0 unspecified atom stereocenters. The molecule has 1 amide bonds. The molecule has 0 saturated heterocycles. The summed E-state index contributed by atoms with van der Waals surface area (Å²) in [6.45, 7) is 2.32. The lowest BCUT2D eigenvalue weighted by Gasteiger charge is -2.01. The van der Waals surface area contributed by atoms with Gasteiger partial charge in [0, 0.05) is 18.2 Å². The Hall–Kier alpha value is -1.43. The molecular formula is C10H14N2O3S. The van der Waals surface area contributed by atoms with Gasteiger partial charge in [0.05, 0.1) is 17.2 Å². The maximum absolute atomic E-state index is 11.3. The van der Waals surface area contributed by atoms with E-state index in [1.165, 1.54) is 11.3 Å². The van der Waals surface area contributed by atoms with Crippen molar-refractivity contribution in [2.24, 2.45) is 0 Å². The Labute approximate surface area is 97.5 Å². The second-order valence-electron chi connectivity index (χ2n) is 3.38. The Kier molecular flexibility index (Phi) is 4.91. The van der Waals surface area contributed by atoms with E-state index in [-0.39, 0.29) is 18.7 Å². The Morgan fingerprint density at radius 2 is 2.25 bits per heavy atom. The highest BCUT2D eigenvalue weighted by atomic mass is 32.1. The predicted molar refractivity (Wildman–Crippen MR) is 60.2 cm³/mol. The van der Waals surface area contributed by atoms with Gasteiger partial charge in [-0.2, -0.15) is 0 Å². The molecule has 0 aromatic carbocycles. The highest BCUT2D eigenvalue weighted by molar-refractivity contribution is 7.09. The van der Waals surface area contributed by atoms with Gasteiger partial charge in [0.1, 0.15) is 0 Å². The highest BCUT2D eigenvalue weighted by Gasteiger charge is 2.04. The van der Waals surface area contributed by atoms with Crippen LogP contribution in [0.2, 0.25) is 0 Å². The molecule has 0 radical (unpaired) electrons. The Morgan fingerprint density at radius 1 is 1.50 bits per heavy atom. The van der Waals surface area contributed by atoms with Gasteiger partial charge in [-0.25, -0.2) is 4.98 Å². The van der Waals surface area contributed by atoms with E-state index >= 15 is 0 Å². The Balaban J connectivity index is 2.17. The summed E-state index contributed by atoms with van der Waals surface area (Å²) in [6.07, 6.45) is 0.649. The van der Waals surface area contributed by atoms with Crippen molar-refractivity contribution in [2.45, 2.75) is 32.7 Å². The normalized spacial score (nSPS) is 10.1. The number of carbonyl (C=O) groups is 2. The van der Waals surface area contributed by atoms with Crippen LogP contribution in [-0.2, 0) is 16.1 Å². The van der Waals surface area contributed by atoms with Crippen molar-refractivity contribution < 1.29 is 14.7 Å². The molecule has 0 bridgehead atoms. The zero-order chi connectivity index (χ0) is 12.0. The number of hydrogen-bond acceptors (Lipinski definition) is 4. The number of carboxylic acid groups (broad SMARTS) is 1. The van der Waals surface area contributed by atoms with Crippen LogP contribution in [0.3, 0.4) is 0 Å². The summed E-state index contributed by atoms with van der Waals surface area (Å²) in [5.74, 6) is -1.00. The van der Waals surface area contributed by atoms with Crippen LogP contribution in [0.1, 0.15) is 30.0 Å². The SMILES string of the molecule is Cc1nc(CNC(=O)CCCC(=O)O)cs1. The van der Waals surface area contributed by atoms with E-state index in [1.807, 2.05) is 12.3 Å². The van der Waals surface area contributed by atoms with E-state index in [0.29, 0.717) is 13.0 Å². The first-order valence-corrected chi connectivity index (χ1v) is 5.85. The standard InChI is InChI=1S/C10H14N2O3S/c1-7-12-8(6-16-7)5-11-9(13)3-2-4-10(14)15/h6H,2-5H2,1H3,(H,11,13)(H,14,15). The Bertz CT molecular complexity index is 376. The molecule has 0 saturated carbocycles. The van der Waals surface area contributed by atoms with E-state index in [4.69, 9.17) is 5.11 Å². The topological polar surface area (TPSA) is 79.3 Å². The first kappa shape index (κ1) is 12.6. The molecule has 1 aromatic heterocycles. The third kappa shape index (κ3) is 4.88. The molecule has 1 heterocycles. The molecule has 0 fully saturated rings. The van der Waals surface area contributed by atoms with E-state index < -0.39 is 5.97 Å². The van der Waals surface area contributed by atoms with Gasteiger partial charge < -0.3 is 10.4 Å². The zero-order valence-corrected chi connectivity index (χ0v) is 9.84. The fraction of sp³-hybridized carbons (Fsp3) is 0.500. The summed E-state index contributed by atoms with van der Waals surface area (Å²) < 4.78 is 0. The number of nitrogens with zero attached hydrogens (tertiary/aromatic N) is 1. The van der Waals surface area contributed by atoms with Crippen molar-refractivity contribution >= 4 is 23.2 Å². The predicted octanol–water partition coefficient (Wildman–Crippen LogP) is 1.32. The van der Waals surface area contributed by atoms with Gasteiger partial charge in [0.2, 0.25) is 5.91 Å². The number of rotatable bonds is 6. The molecule has 88 valence electrons. The van der Waals surface area contributed by atoms with Crippen LogP contribution in [0.15, 0.2) is 5.38 Å². The second kappa shape index (κ2) is 6.22. The molecule has 1 aromatic rings. The van der Waals surface area contributed by atoms with Crippen LogP contribution in [0.5, 0.6) is 0 Å². The fourth-order valence-corrected chi connectivity index (χ4v) is 1.78.